The van der Waals surface area contributed by atoms with Crippen LogP contribution in [0.5, 0.6) is 0 Å². The van der Waals surface area contributed by atoms with Crippen molar-refractivity contribution in [1.82, 2.24) is 15.0 Å². The highest BCUT2D eigenvalue weighted by molar-refractivity contribution is 5.76. The van der Waals surface area contributed by atoms with Gasteiger partial charge in [-0.15, -0.1) is 5.10 Å². The SMILES string of the molecule is NC(=O)Cc1nnn(CC(F)F)c1C1CCC1. The smallest absolute Gasteiger partial charge is 0.257 e. The molecule has 1 heterocycles. The van der Waals surface area contributed by atoms with Crippen LogP contribution in [0.3, 0.4) is 0 Å². The van der Waals surface area contributed by atoms with Gasteiger partial charge in [-0.3, -0.25) is 4.79 Å². The molecule has 0 unspecified atom stereocenters. The molecular weight excluding hydrogens is 230 g/mol. The van der Waals surface area contributed by atoms with Crippen molar-refractivity contribution >= 4 is 5.91 Å². The molecule has 5 nitrogen and oxygen atoms in total. The van der Waals surface area contributed by atoms with Crippen molar-refractivity contribution in [3.8, 4) is 0 Å². The van der Waals surface area contributed by atoms with Crippen molar-refractivity contribution in [2.24, 2.45) is 5.73 Å². The summed E-state index contributed by atoms with van der Waals surface area (Å²) in [4.78, 5) is 10.9. The van der Waals surface area contributed by atoms with Gasteiger partial charge in [0.15, 0.2) is 0 Å². The molecular formula is C10H14F2N4O. The summed E-state index contributed by atoms with van der Waals surface area (Å²) >= 11 is 0. The van der Waals surface area contributed by atoms with Crippen molar-refractivity contribution in [1.29, 1.82) is 0 Å². The van der Waals surface area contributed by atoms with Crippen LogP contribution in [0.1, 0.15) is 36.6 Å². The number of alkyl halides is 2. The molecule has 1 aliphatic carbocycles. The van der Waals surface area contributed by atoms with Gasteiger partial charge in [-0.2, -0.15) is 0 Å². The van der Waals surface area contributed by atoms with Crippen LogP contribution in [0.2, 0.25) is 0 Å². The zero-order valence-corrected chi connectivity index (χ0v) is 9.27. The monoisotopic (exact) mass is 244 g/mol. The lowest BCUT2D eigenvalue weighted by Gasteiger charge is -2.26. The van der Waals surface area contributed by atoms with Crippen molar-refractivity contribution in [3.63, 3.8) is 0 Å². The highest BCUT2D eigenvalue weighted by atomic mass is 19.3. The fraction of sp³-hybridized carbons (Fsp3) is 0.700. The maximum atomic E-state index is 12.4. The standard InChI is InChI=1S/C10H14F2N4O/c11-8(12)5-16-10(6-2-1-3-6)7(14-15-16)4-9(13)17/h6,8H,1-5H2,(H2,13,17). The number of hydrogen-bond acceptors (Lipinski definition) is 3. The van der Waals surface area contributed by atoms with Gasteiger partial charge in [-0.05, 0) is 12.8 Å². The van der Waals surface area contributed by atoms with E-state index < -0.39 is 18.9 Å². The van der Waals surface area contributed by atoms with Crippen LogP contribution in [-0.4, -0.2) is 27.3 Å². The Hall–Kier alpha value is -1.53. The van der Waals surface area contributed by atoms with E-state index >= 15 is 0 Å². The van der Waals surface area contributed by atoms with Crippen LogP contribution < -0.4 is 5.73 Å². The number of carbonyl (C=O) groups is 1. The fourth-order valence-electron chi connectivity index (χ4n) is 2.04. The molecule has 1 aromatic heterocycles. The highest BCUT2D eigenvalue weighted by Gasteiger charge is 2.28. The molecule has 0 spiro atoms. The number of hydrogen-bond donors (Lipinski definition) is 1. The van der Waals surface area contributed by atoms with E-state index in [9.17, 15) is 13.6 Å². The predicted molar refractivity (Wildman–Crippen MR) is 55.5 cm³/mol. The number of aromatic nitrogens is 3. The van der Waals surface area contributed by atoms with Gasteiger partial charge in [0.2, 0.25) is 5.91 Å². The van der Waals surface area contributed by atoms with Crippen molar-refractivity contribution in [2.75, 3.05) is 0 Å². The minimum atomic E-state index is -2.48. The predicted octanol–water partition coefficient (Wildman–Crippen LogP) is 0.838. The third kappa shape index (κ3) is 2.59. The Kier molecular flexibility index (Phi) is 3.35. The average Bonchev–Trinajstić information content (AvgIpc) is 2.46. The lowest BCUT2D eigenvalue weighted by atomic mass is 9.81. The van der Waals surface area contributed by atoms with Gasteiger partial charge in [0, 0.05) is 5.92 Å². The van der Waals surface area contributed by atoms with E-state index in [4.69, 9.17) is 5.73 Å². The van der Waals surface area contributed by atoms with E-state index in [1.807, 2.05) is 0 Å². The Morgan fingerprint density at radius 1 is 1.53 bits per heavy atom. The first-order valence-electron chi connectivity index (χ1n) is 5.56. The van der Waals surface area contributed by atoms with Gasteiger partial charge >= 0.3 is 0 Å². The number of nitrogens with two attached hydrogens (primary N) is 1. The Morgan fingerprint density at radius 2 is 2.24 bits per heavy atom. The van der Waals surface area contributed by atoms with E-state index in [1.165, 1.54) is 4.68 Å². The third-order valence-corrected chi connectivity index (χ3v) is 2.99. The largest absolute Gasteiger partial charge is 0.369 e. The zero-order chi connectivity index (χ0) is 12.4. The number of rotatable bonds is 5. The molecule has 7 heteroatoms. The fourth-order valence-corrected chi connectivity index (χ4v) is 2.04. The number of primary amides is 1. The summed E-state index contributed by atoms with van der Waals surface area (Å²) < 4.78 is 26.0. The van der Waals surface area contributed by atoms with Gasteiger partial charge in [0.1, 0.15) is 6.54 Å². The second kappa shape index (κ2) is 4.77. The van der Waals surface area contributed by atoms with Gasteiger partial charge in [-0.25, -0.2) is 13.5 Å². The molecule has 1 fully saturated rings. The van der Waals surface area contributed by atoms with Gasteiger partial charge in [0.05, 0.1) is 17.8 Å². The number of halogens is 2. The van der Waals surface area contributed by atoms with Gasteiger partial charge in [-0.1, -0.05) is 11.6 Å². The molecule has 0 atom stereocenters. The molecule has 0 bridgehead atoms. The summed E-state index contributed by atoms with van der Waals surface area (Å²) in [7, 11) is 0. The number of nitrogens with zero attached hydrogens (tertiary/aromatic N) is 3. The van der Waals surface area contributed by atoms with Crippen LogP contribution in [0, 0.1) is 0 Å². The second-order valence-electron chi connectivity index (χ2n) is 4.27. The van der Waals surface area contributed by atoms with Crippen LogP contribution in [0.15, 0.2) is 0 Å². The topological polar surface area (TPSA) is 73.8 Å². The first kappa shape index (κ1) is 11.9. The molecule has 0 radical (unpaired) electrons. The second-order valence-corrected chi connectivity index (χ2v) is 4.27. The normalized spacial score (nSPS) is 16.2. The number of amides is 1. The maximum Gasteiger partial charge on any atom is 0.257 e. The van der Waals surface area contributed by atoms with Crippen LogP contribution in [0.4, 0.5) is 8.78 Å². The van der Waals surface area contributed by atoms with E-state index in [0.717, 1.165) is 19.3 Å². The molecule has 0 aliphatic heterocycles. The molecule has 1 aromatic rings. The quantitative estimate of drug-likeness (QED) is 0.834. The molecule has 1 amide bonds. The van der Waals surface area contributed by atoms with E-state index in [1.54, 1.807) is 0 Å². The molecule has 1 saturated carbocycles. The minimum absolute atomic E-state index is 0.0327. The van der Waals surface area contributed by atoms with Crippen LogP contribution in [0.25, 0.3) is 0 Å². The van der Waals surface area contributed by atoms with E-state index in [0.29, 0.717) is 11.4 Å². The molecule has 17 heavy (non-hydrogen) atoms. The average molecular weight is 244 g/mol. The Bertz CT molecular complexity index is 414. The minimum Gasteiger partial charge on any atom is -0.369 e. The molecule has 0 aromatic carbocycles. The van der Waals surface area contributed by atoms with E-state index in [-0.39, 0.29) is 12.3 Å². The van der Waals surface area contributed by atoms with Gasteiger partial charge in [0.25, 0.3) is 6.43 Å². The molecule has 1 aliphatic rings. The first-order valence-corrected chi connectivity index (χ1v) is 5.56. The Labute approximate surface area is 97.0 Å². The zero-order valence-electron chi connectivity index (χ0n) is 9.27. The summed E-state index contributed by atoms with van der Waals surface area (Å²) in [5.41, 5.74) is 6.21. The van der Waals surface area contributed by atoms with Gasteiger partial charge < -0.3 is 5.73 Å². The highest BCUT2D eigenvalue weighted by Crippen LogP contribution is 2.37. The maximum absolute atomic E-state index is 12.4. The summed E-state index contributed by atoms with van der Waals surface area (Å²) in [6, 6.07) is 0. The Balaban J connectivity index is 2.25. The van der Waals surface area contributed by atoms with Crippen molar-refractivity contribution in [3.05, 3.63) is 11.4 Å². The lowest BCUT2D eigenvalue weighted by molar-refractivity contribution is -0.117. The van der Waals surface area contributed by atoms with Crippen molar-refractivity contribution < 1.29 is 13.6 Å². The van der Waals surface area contributed by atoms with Crippen LogP contribution >= 0.6 is 0 Å². The lowest BCUT2D eigenvalue weighted by Crippen LogP contribution is -2.21. The Morgan fingerprint density at radius 3 is 2.71 bits per heavy atom. The molecule has 2 N–H and O–H groups in total. The summed E-state index contributed by atoms with van der Waals surface area (Å²) in [6.07, 6.45) is 0.428. The molecule has 2 rings (SSSR count). The van der Waals surface area contributed by atoms with E-state index in [2.05, 4.69) is 10.3 Å². The summed E-state index contributed by atoms with van der Waals surface area (Å²) in [5.74, 6) is -0.326. The van der Waals surface area contributed by atoms with Crippen molar-refractivity contribution in [2.45, 2.75) is 44.6 Å². The molecule has 94 valence electrons. The first-order chi connectivity index (χ1) is 8.08. The summed E-state index contributed by atoms with van der Waals surface area (Å²) in [5, 5.41) is 7.48. The van der Waals surface area contributed by atoms with Crippen LogP contribution in [-0.2, 0) is 17.8 Å². The number of carbonyl (C=O) groups excluding carboxylic acids is 1. The molecule has 0 saturated heterocycles. The third-order valence-electron chi connectivity index (χ3n) is 2.99. The summed E-state index contributed by atoms with van der Waals surface area (Å²) in [6.45, 7) is -0.475.